The zero-order valence-corrected chi connectivity index (χ0v) is 13.1. The van der Waals surface area contributed by atoms with Crippen LogP contribution < -0.4 is 0 Å². The van der Waals surface area contributed by atoms with Crippen LogP contribution in [0.3, 0.4) is 0 Å². The van der Waals surface area contributed by atoms with Gasteiger partial charge < -0.3 is 10.0 Å². The molecule has 1 aromatic rings. The fourth-order valence-electron chi connectivity index (χ4n) is 2.03. The van der Waals surface area contributed by atoms with Crippen LogP contribution >= 0.6 is 11.8 Å². The molecule has 1 saturated carbocycles. The van der Waals surface area contributed by atoms with Crippen LogP contribution in [-0.2, 0) is 9.59 Å². The molecule has 0 saturated heterocycles. The number of thioether (sulfide) groups is 1. The molecule has 1 amide bonds. The number of nitrogens with zero attached hydrogens (tertiary/aromatic N) is 5. The molecule has 1 heterocycles. The van der Waals surface area contributed by atoms with Crippen molar-refractivity contribution in [2.45, 2.75) is 50.4 Å². The number of carboxylic acids is 1. The lowest BCUT2D eigenvalue weighted by atomic mass is 10.0. The molecule has 0 aliphatic heterocycles. The van der Waals surface area contributed by atoms with Crippen LogP contribution in [0.25, 0.3) is 0 Å². The average Bonchev–Trinajstić information content (AvgIpc) is 3.15. The minimum absolute atomic E-state index is 0.123. The maximum absolute atomic E-state index is 12.3. The first-order valence-corrected chi connectivity index (χ1v) is 7.81. The van der Waals surface area contributed by atoms with E-state index in [1.165, 1.54) is 30.5 Å². The van der Waals surface area contributed by atoms with E-state index in [1.807, 2.05) is 0 Å². The first kappa shape index (κ1) is 15.7. The van der Waals surface area contributed by atoms with Crippen molar-refractivity contribution in [1.29, 1.82) is 0 Å². The van der Waals surface area contributed by atoms with Gasteiger partial charge >= 0.3 is 5.97 Å². The van der Waals surface area contributed by atoms with E-state index in [2.05, 4.69) is 15.5 Å². The molecule has 0 bridgehead atoms. The van der Waals surface area contributed by atoms with Crippen molar-refractivity contribution in [2.24, 2.45) is 0 Å². The lowest BCUT2D eigenvalue weighted by molar-refractivity contribution is -0.155. The lowest BCUT2D eigenvalue weighted by Crippen LogP contribution is -2.53. The van der Waals surface area contributed by atoms with E-state index in [0.29, 0.717) is 17.7 Å². The third-order valence-electron chi connectivity index (χ3n) is 3.50. The summed E-state index contributed by atoms with van der Waals surface area (Å²) in [4.78, 5) is 24.9. The molecule has 2 rings (SSSR count). The van der Waals surface area contributed by atoms with Crippen molar-refractivity contribution >= 4 is 23.6 Å². The molecule has 0 atom stereocenters. The van der Waals surface area contributed by atoms with Gasteiger partial charge in [0.25, 0.3) is 0 Å². The molecule has 0 radical (unpaired) electrons. The number of amides is 1. The Balaban J connectivity index is 1.99. The van der Waals surface area contributed by atoms with E-state index in [-0.39, 0.29) is 11.7 Å². The van der Waals surface area contributed by atoms with Gasteiger partial charge in [-0.05, 0) is 44.0 Å². The molecule has 0 unspecified atom stereocenters. The van der Waals surface area contributed by atoms with E-state index in [0.717, 1.165) is 12.8 Å². The molecule has 1 N–H and O–H groups in total. The largest absolute Gasteiger partial charge is 0.480 e. The monoisotopic (exact) mass is 313 g/mol. The van der Waals surface area contributed by atoms with Crippen LogP contribution in [0.4, 0.5) is 0 Å². The molecule has 8 nitrogen and oxygen atoms in total. The highest BCUT2D eigenvalue weighted by molar-refractivity contribution is 7.99. The third kappa shape index (κ3) is 3.34. The number of likely N-dealkylation sites (N-methyl/N-ethyl adjacent to an activating group) is 1. The zero-order valence-electron chi connectivity index (χ0n) is 12.3. The van der Waals surface area contributed by atoms with Crippen LogP contribution in [0, 0.1) is 0 Å². The van der Waals surface area contributed by atoms with Gasteiger partial charge in [-0.25, -0.2) is 9.48 Å². The second-order valence-electron chi connectivity index (χ2n) is 5.43. The Morgan fingerprint density at radius 1 is 1.48 bits per heavy atom. The van der Waals surface area contributed by atoms with Gasteiger partial charge in [-0.1, -0.05) is 11.8 Å². The van der Waals surface area contributed by atoms with Gasteiger partial charge in [0.2, 0.25) is 11.1 Å². The van der Waals surface area contributed by atoms with Gasteiger partial charge in [-0.3, -0.25) is 4.79 Å². The molecule has 1 aliphatic carbocycles. The normalized spacial score (nSPS) is 15.0. The molecule has 1 aliphatic rings. The van der Waals surface area contributed by atoms with Gasteiger partial charge in [-0.15, -0.1) is 5.10 Å². The third-order valence-corrected chi connectivity index (χ3v) is 4.41. The quantitative estimate of drug-likeness (QED) is 0.743. The number of hydrogen-bond acceptors (Lipinski definition) is 6. The predicted octanol–water partition coefficient (Wildman–Crippen LogP) is 0.812. The topological polar surface area (TPSA) is 101 Å². The molecular weight excluding hydrogens is 294 g/mol. The summed E-state index contributed by atoms with van der Waals surface area (Å²) in [6, 6.07) is 0.343. The summed E-state index contributed by atoms with van der Waals surface area (Å²) in [5.41, 5.74) is -1.23. The molecule has 21 heavy (non-hydrogen) atoms. The molecule has 116 valence electrons. The smallest absolute Gasteiger partial charge is 0.329 e. The molecular formula is C12H19N5O3S. The van der Waals surface area contributed by atoms with E-state index >= 15 is 0 Å². The van der Waals surface area contributed by atoms with Crippen LogP contribution in [0.15, 0.2) is 5.16 Å². The van der Waals surface area contributed by atoms with Crippen LogP contribution in [-0.4, -0.2) is 59.9 Å². The highest BCUT2D eigenvalue weighted by Crippen LogP contribution is 2.36. The van der Waals surface area contributed by atoms with Crippen LogP contribution in [0.1, 0.15) is 39.7 Å². The van der Waals surface area contributed by atoms with Gasteiger partial charge in [0, 0.05) is 6.54 Å². The number of tetrazole rings is 1. The number of aliphatic carboxylic acids is 1. The summed E-state index contributed by atoms with van der Waals surface area (Å²) < 4.78 is 1.73. The Bertz CT molecular complexity index is 541. The summed E-state index contributed by atoms with van der Waals surface area (Å²) >= 11 is 1.24. The summed E-state index contributed by atoms with van der Waals surface area (Å²) in [5, 5.41) is 21.3. The minimum Gasteiger partial charge on any atom is -0.480 e. The standard InChI is InChI=1S/C12H19N5O3S/c1-4-16(12(2,3)10(19)20)9(18)7-21-11-13-14-15-17(11)8-5-6-8/h8H,4-7H2,1-3H3,(H,19,20). The Morgan fingerprint density at radius 3 is 2.67 bits per heavy atom. The second-order valence-corrected chi connectivity index (χ2v) is 6.37. The van der Waals surface area contributed by atoms with Crippen LogP contribution in [0.5, 0.6) is 0 Å². The highest BCUT2D eigenvalue weighted by Gasteiger charge is 2.37. The number of carbonyl (C=O) groups is 2. The summed E-state index contributed by atoms with van der Waals surface area (Å²) in [7, 11) is 0. The molecule has 1 fully saturated rings. The van der Waals surface area contributed by atoms with Crippen LogP contribution in [0.2, 0.25) is 0 Å². The maximum atomic E-state index is 12.3. The zero-order chi connectivity index (χ0) is 15.6. The van der Waals surface area contributed by atoms with Crippen molar-refractivity contribution in [3.05, 3.63) is 0 Å². The van der Waals surface area contributed by atoms with Crippen molar-refractivity contribution < 1.29 is 14.7 Å². The fraction of sp³-hybridized carbons (Fsp3) is 0.750. The number of hydrogen-bond donors (Lipinski definition) is 1. The van der Waals surface area contributed by atoms with Gasteiger partial charge in [0.15, 0.2) is 0 Å². The molecule has 1 aromatic heterocycles. The van der Waals surface area contributed by atoms with Gasteiger partial charge in [0.05, 0.1) is 11.8 Å². The van der Waals surface area contributed by atoms with Gasteiger partial charge in [-0.2, -0.15) is 0 Å². The summed E-state index contributed by atoms with van der Waals surface area (Å²) in [6.45, 7) is 5.15. The Morgan fingerprint density at radius 2 is 2.14 bits per heavy atom. The number of aromatic nitrogens is 4. The van der Waals surface area contributed by atoms with Crippen molar-refractivity contribution in [3.63, 3.8) is 0 Å². The molecule has 0 spiro atoms. The summed E-state index contributed by atoms with van der Waals surface area (Å²) in [5.74, 6) is -1.14. The minimum atomic E-state index is -1.23. The van der Waals surface area contributed by atoms with E-state index < -0.39 is 11.5 Å². The lowest BCUT2D eigenvalue weighted by Gasteiger charge is -2.34. The first-order chi connectivity index (χ1) is 9.87. The Kier molecular flexibility index (Phi) is 4.50. The van der Waals surface area contributed by atoms with Crippen molar-refractivity contribution in [2.75, 3.05) is 12.3 Å². The number of carbonyl (C=O) groups excluding carboxylic acids is 1. The SMILES string of the molecule is CCN(C(=O)CSc1nnnn1C1CC1)C(C)(C)C(=O)O. The molecule has 9 heteroatoms. The first-order valence-electron chi connectivity index (χ1n) is 6.82. The van der Waals surface area contributed by atoms with Crippen molar-refractivity contribution in [1.82, 2.24) is 25.1 Å². The van der Waals surface area contributed by atoms with E-state index in [9.17, 15) is 14.7 Å². The second kappa shape index (κ2) is 6.00. The maximum Gasteiger partial charge on any atom is 0.329 e. The van der Waals surface area contributed by atoms with E-state index in [1.54, 1.807) is 11.6 Å². The average molecular weight is 313 g/mol. The highest BCUT2D eigenvalue weighted by atomic mass is 32.2. The Labute approximate surface area is 126 Å². The van der Waals surface area contributed by atoms with E-state index in [4.69, 9.17) is 0 Å². The number of carboxylic acid groups (broad SMARTS) is 1. The van der Waals surface area contributed by atoms with Gasteiger partial charge in [0.1, 0.15) is 5.54 Å². The van der Waals surface area contributed by atoms with Crippen molar-refractivity contribution in [3.8, 4) is 0 Å². The predicted molar refractivity (Wildman–Crippen MR) is 75.9 cm³/mol. The molecule has 0 aromatic carbocycles. The fourth-order valence-corrected chi connectivity index (χ4v) is 2.85. The summed E-state index contributed by atoms with van der Waals surface area (Å²) in [6.07, 6.45) is 2.11. The Hall–Kier alpha value is -1.64. The number of rotatable bonds is 7.